The van der Waals surface area contributed by atoms with E-state index in [0.717, 1.165) is 187 Å². The number of anilines is 12. The summed E-state index contributed by atoms with van der Waals surface area (Å²) >= 11 is 0. The molecule has 8 amide bonds. The molecule has 2 aliphatic carbocycles. The fourth-order valence-corrected chi connectivity index (χ4v) is 16.5. The Bertz CT molecular complexity index is 5760. The first kappa shape index (κ1) is 73.0. The Morgan fingerprint density at radius 3 is 1.13 bits per heavy atom. The summed E-state index contributed by atoms with van der Waals surface area (Å²) in [6.07, 6.45) is 30.1. The highest BCUT2D eigenvalue weighted by Gasteiger charge is 2.45. The third-order valence-electron chi connectivity index (χ3n) is 22.6. The standard InChI is InChI=1S/2C23H23N7O.C19H18N8O.C18H18N8O/c1-14-10-16(6-8-25-14)18-4-5-20-22(27-18)30(17-7-9-29(20)13-17)23(31)28-21-12-24-11-19(26-21)15-2-3-15;1-14-10-16(6-8-24-14)18-4-5-20-22(27-18)30(17-7-9-29(20)13-17)23(31)28-21-12-25-19(11-26-21)15-2-3-15;1-12-22-8-13(9-23-12)15-2-3-16-18(24-15)27(14-4-7-26(16)11-14)19(28)25-17-10-20-5-6-21-17;1-11-8-12(4-6-19-11)14-2-3-15-17(21-14)26(13-5-7-25(15)10-13)18(27)22-16-9-20-24-23-16/h2*4-6,8,10-12,15,17H,2-3,7,9,13H2,1H3,(H,26,28,31);2-3,5-6,8-10,14H,4,7,11H2,1H3,(H,21,25,28);2-4,6,8-9,13H,5,7,10H2,1H3,(H2,20,22,23,24,27)/t2*17-;14-;13-/m0000/s1. The smallest absolute Gasteiger partial charge is 0.329 e. The Balaban J connectivity index is 0.000000104. The van der Waals surface area contributed by atoms with Gasteiger partial charge in [0.1, 0.15) is 5.82 Å². The third-order valence-corrected chi connectivity index (χ3v) is 22.6. The van der Waals surface area contributed by atoms with Crippen molar-refractivity contribution in [3.8, 4) is 45.0 Å². The number of amides is 8. The van der Waals surface area contributed by atoms with Gasteiger partial charge in [0.15, 0.2) is 46.5 Å². The van der Waals surface area contributed by atoms with E-state index in [1.54, 1.807) is 82.9 Å². The number of hydrogen-bond donors (Lipinski definition) is 5. The minimum Gasteiger partial charge on any atom is -0.366 e. The number of aromatic nitrogens is 18. The highest BCUT2D eigenvalue weighted by molar-refractivity contribution is 6.07. The first-order chi connectivity index (χ1) is 57.2. The third kappa shape index (κ3) is 15.1. The molecule has 117 heavy (non-hydrogen) atoms. The summed E-state index contributed by atoms with van der Waals surface area (Å²) in [5.74, 6) is 6.22. The van der Waals surface area contributed by atoms with Crippen LogP contribution in [0.25, 0.3) is 45.0 Å². The quantitative estimate of drug-likeness (QED) is 0.0849. The maximum absolute atomic E-state index is 13.4. The molecule has 5 N–H and O–H groups in total. The molecule has 10 aliphatic rings. The van der Waals surface area contributed by atoms with Crippen LogP contribution in [0.4, 0.5) is 88.5 Å². The van der Waals surface area contributed by atoms with Crippen LogP contribution in [0.15, 0.2) is 165 Å². The van der Waals surface area contributed by atoms with Gasteiger partial charge in [-0.15, -0.1) is 5.10 Å². The number of urea groups is 4. The molecule has 4 saturated heterocycles. The molecule has 4 atom stereocenters. The molecule has 22 rings (SSSR count). The summed E-state index contributed by atoms with van der Waals surface area (Å²) in [7, 11) is 0. The molecule has 34 nitrogen and oxygen atoms in total. The zero-order chi connectivity index (χ0) is 79.4. The van der Waals surface area contributed by atoms with Gasteiger partial charge >= 0.3 is 24.1 Å². The van der Waals surface area contributed by atoms with Crippen molar-refractivity contribution >= 4 is 93.4 Å². The number of H-pyrrole nitrogens is 1. The topological polar surface area (TPSA) is 377 Å². The number of aryl methyl sites for hydroxylation is 4. The van der Waals surface area contributed by atoms with Crippen LogP contribution in [0.2, 0.25) is 0 Å². The molecule has 12 aromatic heterocycles. The molecule has 588 valence electrons. The average molecular weight is 1560 g/mol. The fraction of sp³-hybridized carbons (Fsp3) is 0.313. The highest BCUT2D eigenvalue weighted by atomic mass is 16.2. The van der Waals surface area contributed by atoms with Gasteiger partial charge in [-0.05, 0) is 164 Å². The van der Waals surface area contributed by atoms with Crippen molar-refractivity contribution in [2.75, 3.05) is 113 Å². The number of nitrogens with zero attached hydrogens (tertiary/aromatic N) is 25. The van der Waals surface area contributed by atoms with Gasteiger partial charge < -0.3 is 19.6 Å². The normalized spacial score (nSPS) is 18.5. The zero-order valence-corrected chi connectivity index (χ0v) is 64.7. The van der Waals surface area contributed by atoms with Gasteiger partial charge in [-0.25, -0.2) is 64.0 Å². The second-order valence-corrected chi connectivity index (χ2v) is 30.6. The Morgan fingerprint density at radius 2 is 0.744 bits per heavy atom. The van der Waals surface area contributed by atoms with Gasteiger partial charge in [-0.3, -0.25) is 70.8 Å². The number of aromatic amines is 1. The van der Waals surface area contributed by atoms with Crippen LogP contribution in [-0.4, -0.2) is 191 Å². The number of rotatable bonds is 10. The maximum atomic E-state index is 13.4. The van der Waals surface area contributed by atoms with E-state index in [-0.39, 0.29) is 48.3 Å². The Morgan fingerprint density at radius 1 is 0.342 bits per heavy atom. The molecule has 12 aromatic rings. The van der Waals surface area contributed by atoms with Crippen molar-refractivity contribution < 1.29 is 19.2 Å². The molecule has 0 spiro atoms. The summed E-state index contributed by atoms with van der Waals surface area (Å²) in [5.41, 5.74) is 15.7. The first-order valence-corrected chi connectivity index (χ1v) is 39.5. The van der Waals surface area contributed by atoms with E-state index in [9.17, 15) is 19.2 Å². The van der Waals surface area contributed by atoms with E-state index in [1.165, 1.54) is 25.2 Å². The second-order valence-electron chi connectivity index (χ2n) is 30.6. The number of carbonyl (C=O) groups is 4. The van der Waals surface area contributed by atoms with Gasteiger partial charge in [0, 0.05) is 153 Å². The van der Waals surface area contributed by atoms with Crippen molar-refractivity contribution in [3.05, 3.63) is 200 Å². The Hall–Kier alpha value is -14.2. The van der Waals surface area contributed by atoms with Gasteiger partial charge in [-0.2, -0.15) is 10.3 Å². The molecule has 2 saturated carbocycles. The number of carbonyl (C=O) groups excluding carboxylic acids is 4. The second kappa shape index (κ2) is 30.9. The van der Waals surface area contributed by atoms with Crippen molar-refractivity contribution in [1.29, 1.82) is 0 Å². The molecule has 20 heterocycles. The molecular formula is C83H82N30O4. The van der Waals surface area contributed by atoms with Crippen LogP contribution >= 0.6 is 0 Å². The number of hydrogen-bond acceptors (Lipinski definition) is 25. The van der Waals surface area contributed by atoms with Crippen LogP contribution in [0, 0.1) is 27.7 Å². The number of nitrogens with one attached hydrogen (secondary N) is 5. The molecule has 8 bridgehead atoms. The zero-order valence-electron chi connectivity index (χ0n) is 64.7. The lowest BCUT2D eigenvalue weighted by Gasteiger charge is -2.35. The fourth-order valence-electron chi connectivity index (χ4n) is 16.5. The van der Waals surface area contributed by atoms with E-state index in [2.05, 4.69) is 123 Å². The summed E-state index contributed by atoms with van der Waals surface area (Å²) in [6.45, 7) is 14.6. The minimum atomic E-state index is -0.252. The summed E-state index contributed by atoms with van der Waals surface area (Å²) < 4.78 is 0. The summed E-state index contributed by atoms with van der Waals surface area (Å²) in [5, 5.41) is 21.7. The van der Waals surface area contributed by atoms with E-state index < -0.39 is 0 Å². The van der Waals surface area contributed by atoms with E-state index in [4.69, 9.17) is 19.9 Å². The van der Waals surface area contributed by atoms with Crippen LogP contribution in [-0.2, 0) is 0 Å². The molecule has 0 unspecified atom stereocenters. The minimum absolute atomic E-state index is 0.0705. The maximum Gasteiger partial charge on any atom is 0.329 e. The lowest BCUT2D eigenvalue weighted by molar-refractivity contribution is 0.254. The molecular weight excluding hydrogens is 1480 g/mol. The van der Waals surface area contributed by atoms with Crippen molar-refractivity contribution in [2.45, 2.75) is 115 Å². The van der Waals surface area contributed by atoms with E-state index in [0.29, 0.717) is 64.2 Å². The molecule has 34 heteroatoms. The lowest BCUT2D eigenvalue weighted by Crippen LogP contribution is -2.48. The van der Waals surface area contributed by atoms with Gasteiger partial charge in [0.2, 0.25) is 0 Å². The Kier molecular flexibility index (Phi) is 19.3. The van der Waals surface area contributed by atoms with Crippen LogP contribution in [0.1, 0.15) is 97.5 Å². The Labute approximate surface area is 672 Å². The van der Waals surface area contributed by atoms with E-state index in [1.807, 2.05) is 105 Å². The average Bonchev–Trinajstić information content (AvgIpc) is 1.40. The van der Waals surface area contributed by atoms with Gasteiger partial charge in [-0.1, -0.05) is 0 Å². The monoisotopic (exact) mass is 1560 g/mol. The van der Waals surface area contributed by atoms with Gasteiger partial charge in [0.05, 0.1) is 112 Å². The molecule has 8 aliphatic heterocycles. The van der Waals surface area contributed by atoms with Crippen molar-refractivity contribution in [3.63, 3.8) is 0 Å². The van der Waals surface area contributed by atoms with Crippen molar-refractivity contribution in [2.24, 2.45) is 0 Å². The van der Waals surface area contributed by atoms with Crippen molar-refractivity contribution in [1.82, 2.24) is 90.2 Å². The first-order valence-electron chi connectivity index (χ1n) is 39.5. The van der Waals surface area contributed by atoms with Gasteiger partial charge in [0.25, 0.3) is 0 Å². The van der Waals surface area contributed by atoms with E-state index >= 15 is 0 Å². The number of fused-ring (bicyclic) bond motifs is 16. The predicted octanol–water partition coefficient (Wildman–Crippen LogP) is 12.0. The largest absolute Gasteiger partial charge is 0.366 e. The highest BCUT2D eigenvalue weighted by Crippen LogP contribution is 2.46. The van der Waals surface area contributed by atoms with Crippen LogP contribution in [0.5, 0.6) is 0 Å². The predicted molar refractivity (Wildman–Crippen MR) is 442 cm³/mol. The number of pyridine rings is 7. The SMILES string of the molecule is Cc1cc(-c2ccc3c(n2)N(C(=O)Nc2cn[nH]n2)[C@H]2CCN3C2)ccn1.Cc1cc(-c2ccc3c(n2)N(C(=O)Nc2cnc(C4CC4)cn2)[C@H]2CCN3C2)ccn1.Cc1cc(-c2ccc3c(n2)N(C(=O)Nc2cncc(C4CC4)n2)[C@H]2CCN3C2)ccn1.Cc1ncc(-c2ccc3c(n2)N(C(=O)Nc2cnccn2)[C@H]2CCN3C2)cn1. The molecule has 6 fully saturated rings. The summed E-state index contributed by atoms with van der Waals surface area (Å²) in [4.78, 5) is 136. The van der Waals surface area contributed by atoms with Crippen LogP contribution in [0.3, 0.4) is 0 Å². The summed E-state index contributed by atoms with van der Waals surface area (Å²) in [6, 6.07) is 27.5. The lowest BCUT2D eigenvalue weighted by atomic mass is 10.1. The molecule has 0 radical (unpaired) electrons. The van der Waals surface area contributed by atoms with Crippen LogP contribution < -0.4 is 60.5 Å². The molecule has 0 aromatic carbocycles.